The van der Waals surface area contributed by atoms with Crippen molar-refractivity contribution in [1.82, 2.24) is 0 Å². The maximum atomic E-state index is 12.0. The van der Waals surface area contributed by atoms with Gasteiger partial charge in [0, 0.05) is 12.8 Å². The number of hydrogen-bond donors (Lipinski definition) is 1. The highest BCUT2D eigenvalue weighted by atomic mass is 16.6. The molecule has 3 atom stereocenters. The monoisotopic (exact) mass is 647 g/mol. The molecule has 0 amide bonds. The van der Waals surface area contributed by atoms with Crippen LogP contribution in [0.25, 0.3) is 0 Å². The van der Waals surface area contributed by atoms with E-state index in [0.29, 0.717) is 31.5 Å². The minimum atomic E-state index is -0.989. The lowest BCUT2D eigenvalue weighted by atomic mass is 10.0. The number of allylic oxidation sites excluding steroid dienone is 4. The van der Waals surface area contributed by atoms with Crippen molar-refractivity contribution in [3.05, 3.63) is 36.5 Å². The normalized spacial score (nSPS) is 17.1. The summed E-state index contributed by atoms with van der Waals surface area (Å²) in [5.74, 6) is 0.195. The van der Waals surface area contributed by atoms with Gasteiger partial charge in [-0.3, -0.25) is 9.59 Å². The largest absolute Gasteiger partial charge is 0.463 e. The lowest BCUT2D eigenvalue weighted by Crippen LogP contribution is -2.25. The smallest absolute Gasteiger partial charge is 0.305 e. The maximum Gasteiger partial charge on any atom is 0.305 e. The number of ether oxygens (including phenoxy) is 3. The van der Waals surface area contributed by atoms with Crippen LogP contribution in [0.3, 0.4) is 0 Å². The van der Waals surface area contributed by atoms with E-state index in [4.69, 9.17) is 14.2 Å². The number of aliphatic hydroxyl groups excluding tert-OH is 1. The topological polar surface area (TPSA) is 85.4 Å². The van der Waals surface area contributed by atoms with Gasteiger partial charge in [-0.1, -0.05) is 141 Å². The first-order valence-corrected chi connectivity index (χ1v) is 19.0. The zero-order valence-corrected chi connectivity index (χ0v) is 29.9. The van der Waals surface area contributed by atoms with E-state index in [1.165, 1.54) is 83.5 Å². The highest BCUT2D eigenvalue weighted by Gasteiger charge is 2.35. The molecule has 2 unspecified atom stereocenters. The summed E-state index contributed by atoms with van der Waals surface area (Å²) < 4.78 is 16.0. The van der Waals surface area contributed by atoms with Crippen molar-refractivity contribution in [3.63, 3.8) is 0 Å². The van der Waals surface area contributed by atoms with Gasteiger partial charge < -0.3 is 19.3 Å². The van der Waals surface area contributed by atoms with Gasteiger partial charge >= 0.3 is 11.9 Å². The number of rotatable bonds is 32. The SMILES string of the molecule is CCCCC/C=C\C/C=C\CC1OC1C/C=C\CCCC(=O)OC[C@H](O)COC(=O)CCCCCCCCCCCCCC(C)C. The highest BCUT2D eigenvalue weighted by Crippen LogP contribution is 2.29. The fraction of sp³-hybridized carbons (Fsp3) is 0.800. The summed E-state index contributed by atoms with van der Waals surface area (Å²) >= 11 is 0. The molecule has 266 valence electrons. The molecular formula is C40H70O6. The molecule has 1 heterocycles. The van der Waals surface area contributed by atoms with E-state index in [1.54, 1.807) is 0 Å². The summed E-state index contributed by atoms with van der Waals surface area (Å²) in [5, 5.41) is 10.0. The molecule has 0 radical (unpaired) electrons. The standard InChI is InChI=1S/C40H70O6/c1-4-5-6-7-8-12-16-19-24-29-37-38(46-37)30-25-21-22-27-32-40(43)45-34-36(41)33-44-39(42)31-26-20-17-14-11-9-10-13-15-18-23-28-35(2)3/h8,12,19,21,24-25,35-38,41H,4-7,9-11,13-18,20,22-23,26-34H2,1-3H3/b12-8-,24-19-,25-21-/t36-,37?,38?/m1/s1. The maximum absolute atomic E-state index is 12.0. The van der Waals surface area contributed by atoms with Crippen molar-refractivity contribution < 1.29 is 28.9 Å². The summed E-state index contributed by atoms with van der Waals surface area (Å²) in [7, 11) is 0. The van der Waals surface area contributed by atoms with Gasteiger partial charge in [-0.15, -0.1) is 0 Å². The lowest BCUT2D eigenvalue weighted by Gasteiger charge is -2.12. The summed E-state index contributed by atoms with van der Waals surface area (Å²) in [6, 6.07) is 0. The quantitative estimate of drug-likeness (QED) is 0.0339. The summed E-state index contributed by atoms with van der Waals surface area (Å²) in [6.45, 7) is 6.54. The second-order valence-corrected chi connectivity index (χ2v) is 13.6. The minimum absolute atomic E-state index is 0.136. The van der Waals surface area contributed by atoms with Crippen molar-refractivity contribution in [2.75, 3.05) is 13.2 Å². The van der Waals surface area contributed by atoms with Crippen molar-refractivity contribution in [1.29, 1.82) is 0 Å². The molecular weight excluding hydrogens is 576 g/mol. The van der Waals surface area contributed by atoms with Crippen molar-refractivity contribution in [2.45, 2.75) is 187 Å². The van der Waals surface area contributed by atoms with Gasteiger partial charge in [-0.25, -0.2) is 0 Å². The number of carbonyl (C=O) groups excluding carboxylic acids is 2. The van der Waals surface area contributed by atoms with Gasteiger partial charge in [0.2, 0.25) is 0 Å². The summed E-state index contributed by atoms with van der Waals surface area (Å²) in [4.78, 5) is 23.9. The minimum Gasteiger partial charge on any atom is -0.463 e. The van der Waals surface area contributed by atoms with Crippen LogP contribution >= 0.6 is 0 Å². The van der Waals surface area contributed by atoms with Crippen LogP contribution in [0.15, 0.2) is 36.5 Å². The van der Waals surface area contributed by atoms with Crippen LogP contribution in [0, 0.1) is 5.92 Å². The molecule has 6 heteroatoms. The van der Waals surface area contributed by atoms with E-state index in [2.05, 4.69) is 57.2 Å². The van der Waals surface area contributed by atoms with Crippen LogP contribution in [0.5, 0.6) is 0 Å². The number of aliphatic hydroxyl groups is 1. The number of carbonyl (C=O) groups is 2. The van der Waals surface area contributed by atoms with Gasteiger partial charge in [0.1, 0.15) is 19.3 Å². The van der Waals surface area contributed by atoms with Crippen LogP contribution in [0.1, 0.15) is 168 Å². The third kappa shape index (κ3) is 28.3. The van der Waals surface area contributed by atoms with E-state index < -0.39 is 6.10 Å². The van der Waals surface area contributed by atoms with E-state index in [1.807, 2.05) is 0 Å². The number of epoxide rings is 1. The fourth-order valence-electron chi connectivity index (χ4n) is 5.42. The van der Waals surface area contributed by atoms with Gasteiger partial charge in [-0.05, 0) is 57.3 Å². The molecule has 0 aromatic heterocycles. The molecule has 0 bridgehead atoms. The first-order valence-electron chi connectivity index (χ1n) is 19.0. The molecule has 1 rings (SSSR count). The molecule has 46 heavy (non-hydrogen) atoms. The Kier molecular flexibility index (Phi) is 27.8. The Morgan fingerprint density at radius 1 is 0.630 bits per heavy atom. The molecule has 0 aromatic carbocycles. The van der Waals surface area contributed by atoms with Crippen LogP contribution in [0.4, 0.5) is 0 Å². The average molecular weight is 647 g/mol. The van der Waals surface area contributed by atoms with Crippen LogP contribution in [0.2, 0.25) is 0 Å². The number of esters is 2. The zero-order chi connectivity index (χ0) is 33.5. The van der Waals surface area contributed by atoms with Crippen molar-refractivity contribution >= 4 is 11.9 Å². The fourth-order valence-corrected chi connectivity index (χ4v) is 5.42. The van der Waals surface area contributed by atoms with E-state index in [9.17, 15) is 14.7 Å². The Morgan fingerprint density at radius 2 is 1.11 bits per heavy atom. The zero-order valence-electron chi connectivity index (χ0n) is 29.9. The Hall–Kier alpha value is -1.92. The Morgan fingerprint density at radius 3 is 1.70 bits per heavy atom. The molecule has 0 aromatic rings. The van der Waals surface area contributed by atoms with Gasteiger partial charge in [-0.2, -0.15) is 0 Å². The Balaban J connectivity index is 1.88. The van der Waals surface area contributed by atoms with E-state index in [-0.39, 0.29) is 25.2 Å². The summed E-state index contributed by atoms with van der Waals surface area (Å²) in [5.41, 5.74) is 0. The second kappa shape index (κ2) is 30.4. The van der Waals surface area contributed by atoms with Crippen LogP contribution < -0.4 is 0 Å². The molecule has 1 fully saturated rings. The second-order valence-electron chi connectivity index (χ2n) is 13.6. The molecule has 1 saturated heterocycles. The molecule has 0 saturated carbocycles. The van der Waals surface area contributed by atoms with Gasteiger partial charge in [0.05, 0.1) is 12.2 Å². The first kappa shape index (κ1) is 42.1. The third-order valence-corrected chi connectivity index (χ3v) is 8.46. The summed E-state index contributed by atoms with van der Waals surface area (Å²) in [6.07, 6.45) is 38.0. The predicted molar refractivity (Wildman–Crippen MR) is 191 cm³/mol. The molecule has 6 nitrogen and oxygen atoms in total. The molecule has 0 spiro atoms. The Bertz CT molecular complexity index is 817. The predicted octanol–water partition coefficient (Wildman–Crippen LogP) is 10.5. The van der Waals surface area contributed by atoms with Crippen LogP contribution in [-0.2, 0) is 23.8 Å². The van der Waals surface area contributed by atoms with Crippen molar-refractivity contribution in [2.24, 2.45) is 5.92 Å². The molecule has 1 N–H and O–H groups in total. The highest BCUT2D eigenvalue weighted by molar-refractivity contribution is 5.69. The lowest BCUT2D eigenvalue weighted by molar-refractivity contribution is -0.152. The Labute approximate surface area is 282 Å². The molecule has 1 aliphatic rings. The molecule has 0 aliphatic carbocycles. The van der Waals surface area contributed by atoms with Crippen molar-refractivity contribution in [3.8, 4) is 0 Å². The third-order valence-electron chi connectivity index (χ3n) is 8.46. The van der Waals surface area contributed by atoms with E-state index in [0.717, 1.165) is 50.9 Å². The number of unbranched alkanes of at least 4 members (excludes halogenated alkanes) is 14. The van der Waals surface area contributed by atoms with Gasteiger partial charge in [0.15, 0.2) is 0 Å². The van der Waals surface area contributed by atoms with Crippen LogP contribution in [-0.4, -0.2) is 48.6 Å². The molecule has 1 aliphatic heterocycles. The number of hydrogen-bond acceptors (Lipinski definition) is 6. The van der Waals surface area contributed by atoms with Gasteiger partial charge in [0.25, 0.3) is 0 Å². The average Bonchev–Trinajstić information content (AvgIpc) is 3.79. The first-order chi connectivity index (χ1) is 22.4. The van der Waals surface area contributed by atoms with E-state index >= 15 is 0 Å².